The molecule has 1 aromatic carbocycles. The molecule has 96 valence electrons. The van der Waals surface area contributed by atoms with Crippen molar-refractivity contribution in [2.45, 2.75) is 12.8 Å². The van der Waals surface area contributed by atoms with E-state index in [2.05, 4.69) is 24.5 Å². The second kappa shape index (κ2) is 5.68. The van der Waals surface area contributed by atoms with Crippen LogP contribution in [-0.2, 0) is 10.0 Å². The zero-order valence-electron chi connectivity index (χ0n) is 9.96. The summed E-state index contributed by atoms with van der Waals surface area (Å²) >= 11 is 4.09. The van der Waals surface area contributed by atoms with Crippen molar-refractivity contribution in [1.29, 1.82) is 0 Å². The fourth-order valence-corrected chi connectivity index (χ4v) is 3.56. The number of rotatable bonds is 2. The maximum atomic E-state index is 11.8. The molecule has 0 amide bonds. The van der Waals surface area contributed by atoms with Crippen molar-refractivity contribution in [3.05, 3.63) is 29.8 Å². The number of benzene rings is 1. The van der Waals surface area contributed by atoms with Gasteiger partial charge in [0.2, 0.25) is 10.0 Å². The summed E-state index contributed by atoms with van der Waals surface area (Å²) in [6, 6.07) is 7.37. The maximum absolute atomic E-state index is 11.8. The van der Waals surface area contributed by atoms with Crippen LogP contribution in [0.2, 0.25) is 0 Å². The van der Waals surface area contributed by atoms with E-state index in [1.54, 1.807) is 0 Å². The number of hydrogen-bond donors (Lipinski definition) is 1. The van der Waals surface area contributed by atoms with Crippen LogP contribution in [0, 0.1) is 11.8 Å². The van der Waals surface area contributed by atoms with Gasteiger partial charge in [-0.2, -0.15) is 12.6 Å². The van der Waals surface area contributed by atoms with Gasteiger partial charge in [0.1, 0.15) is 0 Å². The molecule has 3 nitrogen and oxygen atoms in total. The van der Waals surface area contributed by atoms with Gasteiger partial charge in [-0.25, -0.2) is 8.42 Å². The molecule has 0 bridgehead atoms. The molecule has 0 atom stereocenters. The Morgan fingerprint density at radius 3 is 2.89 bits per heavy atom. The minimum absolute atomic E-state index is 0.239. The van der Waals surface area contributed by atoms with Gasteiger partial charge in [0.25, 0.3) is 0 Å². The maximum Gasteiger partial charge on any atom is 0.235 e. The molecule has 0 radical (unpaired) electrons. The van der Waals surface area contributed by atoms with Gasteiger partial charge in [0, 0.05) is 24.3 Å². The number of thiol groups is 1. The predicted molar refractivity (Wildman–Crippen MR) is 77.5 cm³/mol. The molecule has 5 heteroatoms. The third-order valence-electron chi connectivity index (χ3n) is 2.70. The van der Waals surface area contributed by atoms with Crippen molar-refractivity contribution in [3.8, 4) is 11.8 Å². The van der Waals surface area contributed by atoms with E-state index >= 15 is 0 Å². The zero-order valence-corrected chi connectivity index (χ0v) is 11.7. The lowest BCUT2D eigenvalue weighted by molar-refractivity contribution is 0.599. The lowest BCUT2D eigenvalue weighted by Crippen LogP contribution is -2.24. The highest BCUT2D eigenvalue weighted by Gasteiger charge is 2.28. The molecule has 1 heterocycles. The average Bonchev–Trinajstić information content (AvgIpc) is 2.70. The summed E-state index contributed by atoms with van der Waals surface area (Å²) in [6.07, 6.45) is 1.42. The van der Waals surface area contributed by atoms with Crippen LogP contribution < -0.4 is 4.31 Å². The van der Waals surface area contributed by atoms with Crippen LogP contribution in [0.1, 0.15) is 18.4 Å². The second-order valence-electron chi connectivity index (χ2n) is 4.07. The molecule has 0 N–H and O–H groups in total. The molecular formula is C13H15NO2S2. The molecule has 1 aromatic rings. The van der Waals surface area contributed by atoms with Gasteiger partial charge in [-0.05, 0) is 24.6 Å². The molecule has 1 aliphatic rings. The highest BCUT2D eigenvalue weighted by Crippen LogP contribution is 2.24. The zero-order chi connectivity index (χ0) is 13.0. The monoisotopic (exact) mass is 281 g/mol. The van der Waals surface area contributed by atoms with Crippen LogP contribution in [0.15, 0.2) is 24.3 Å². The van der Waals surface area contributed by atoms with Gasteiger partial charge in [-0.3, -0.25) is 4.31 Å². The summed E-state index contributed by atoms with van der Waals surface area (Å²) < 4.78 is 25.1. The lowest BCUT2D eigenvalue weighted by Gasteiger charge is -2.16. The topological polar surface area (TPSA) is 37.4 Å². The van der Waals surface area contributed by atoms with E-state index in [1.165, 1.54) is 4.31 Å². The third-order valence-corrected chi connectivity index (χ3v) is 4.80. The normalized spacial score (nSPS) is 17.3. The van der Waals surface area contributed by atoms with Crippen molar-refractivity contribution in [3.63, 3.8) is 0 Å². The van der Waals surface area contributed by atoms with E-state index in [4.69, 9.17) is 0 Å². The number of nitrogens with zero attached hydrogens (tertiary/aromatic N) is 1. The first-order valence-corrected chi connectivity index (χ1v) is 8.08. The van der Waals surface area contributed by atoms with Crippen LogP contribution >= 0.6 is 12.6 Å². The van der Waals surface area contributed by atoms with Gasteiger partial charge in [-0.1, -0.05) is 17.9 Å². The van der Waals surface area contributed by atoms with Gasteiger partial charge in [0.15, 0.2) is 0 Å². The first-order valence-electron chi connectivity index (χ1n) is 5.84. The molecular weight excluding hydrogens is 266 g/mol. The molecule has 18 heavy (non-hydrogen) atoms. The molecule has 1 saturated heterocycles. The fraction of sp³-hybridized carbons (Fsp3) is 0.385. The fourth-order valence-electron chi connectivity index (χ4n) is 1.89. The van der Waals surface area contributed by atoms with E-state index in [9.17, 15) is 8.42 Å². The Bertz CT molecular complexity index is 584. The molecule has 0 unspecified atom stereocenters. The molecule has 0 saturated carbocycles. The summed E-state index contributed by atoms with van der Waals surface area (Å²) in [7, 11) is -3.11. The van der Waals surface area contributed by atoms with Crippen LogP contribution in [0.25, 0.3) is 0 Å². The minimum Gasteiger partial charge on any atom is -0.270 e. The Labute approximate surface area is 114 Å². The predicted octanol–water partition coefficient (Wildman–Crippen LogP) is 1.90. The van der Waals surface area contributed by atoms with Crippen LogP contribution in [0.5, 0.6) is 0 Å². The summed E-state index contributed by atoms with van der Waals surface area (Å²) in [5, 5.41) is 0. The van der Waals surface area contributed by atoms with E-state index in [0.29, 0.717) is 18.7 Å². The Kier molecular flexibility index (Phi) is 4.20. The standard InChI is InChI=1S/C13H15NO2S2/c15-18(16)10-4-8-14(18)13-7-3-6-12(11-13)5-1-2-9-17/h3,6-7,11,17H,2,4,8-10H2. The molecule has 2 rings (SSSR count). The summed E-state index contributed by atoms with van der Waals surface area (Å²) in [5.41, 5.74) is 1.56. The van der Waals surface area contributed by atoms with Gasteiger partial charge in [-0.15, -0.1) is 0 Å². The first-order chi connectivity index (χ1) is 8.63. The highest BCUT2D eigenvalue weighted by molar-refractivity contribution is 7.93. The van der Waals surface area contributed by atoms with E-state index in [0.717, 1.165) is 17.7 Å². The van der Waals surface area contributed by atoms with Crippen molar-refractivity contribution in [2.24, 2.45) is 0 Å². The molecule has 1 aliphatic heterocycles. The summed E-state index contributed by atoms with van der Waals surface area (Å²) in [6.45, 7) is 0.565. The average molecular weight is 281 g/mol. The molecule has 0 aliphatic carbocycles. The highest BCUT2D eigenvalue weighted by atomic mass is 32.2. The summed E-state index contributed by atoms with van der Waals surface area (Å²) in [5.74, 6) is 6.98. The smallest absolute Gasteiger partial charge is 0.235 e. The van der Waals surface area contributed by atoms with E-state index in [1.807, 2.05) is 24.3 Å². The second-order valence-corrected chi connectivity index (χ2v) is 6.53. The van der Waals surface area contributed by atoms with Crippen molar-refractivity contribution in [2.75, 3.05) is 22.4 Å². The number of hydrogen-bond acceptors (Lipinski definition) is 3. The largest absolute Gasteiger partial charge is 0.270 e. The van der Waals surface area contributed by atoms with Crippen LogP contribution in [0.4, 0.5) is 5.69 Å². The molecule has 1 fully saturated rings. The van der Waals surface area contributed by atoms with Gasteiger partial charge in [0.05, 0.1) is 11.4 Å². The van der Waals surface area contributed by atoms with Gasteiger partial charge >= 0.3 is 0 Å². The number of sulfonamides is 1. The van der Waals surface area contributed by atoms with E-state index in [-0.39, 0.29) is 5.75 Å². The van der Waals surface area contributed by atoms with Crippen LogP contribution in [-0.4, -0.2) is 26.5 Å². The molecule has 0 aromatic heterocycles. The minimum atomic E-state index is -3.11. The van der Waals surface area contributed by atoms with Gasteiger partial charge < -0.3 is 0 Å². The Morgan fingerprint density at radius 2 is 2.22 bits per heavy atom. The third kappa shape index (κ3) is 3.01. The van der Waals surface area contributed by atoms with Crippen molar-refractivity contribution >= 4 is 28.3 Å². The Hall–Kier alpha value is -1.12. The van der Waals surface area contributed by atoms with Crippen molar-refractivity contribution < 1.29 is 8.42 Å². The lowest BCUT2D eigenvalue weighted by atomic mass is 10.2. The molecule has 0 spiro atoms. The Morgan fingerprint density at radius 1 is 1.39 bits per heavy atom. The first kappa shape index (κ1) is 13.3. The SMILES string of the molecule is O=S1(=O)CCCN1c1cccc(C#CCCS)c1. The summed E-state index contributed by atoms with van der Waals surface area (Å²) in [4.78, 5) is 0. The van der Waals surface area contributed by atoms with Crippen molar-refractivity contribution in [1.82, 2.24) is 0 Å². The van der Waals surface area contributed by atoms with E-state index < -0.39 is 10.0 Å². The number of anilines is 1. The Balaban J connectivity index is 2.26. The quantitative estimate of drug-likeness (QED) is 0.664. The van der Waals surface area contributed by atoms with Crippen LogP contribution in [0.3, 0.4) is 0 Å².